The molecule has 1 fully saturated rings. The standard InChI is InChI=1S/C27H24N2O4S/c1-2-33-19-11-9-17(10-12-19)25(30)23-24(22-8-5-15-34-22)29(27(32)26(23)31)14-13-18-16-28-21-7-4-3-6-20(18)21/h3-12,15-16,24,28,30H,2,13-14H2,1H3/t24-/m1/s1. The second-order valence-electron chi connectivity index (χ2n) is 8.07. The van der Waals surface area contributed by atoms with Gasteiger partial charge in [-0.25, -0.2) is 0 Å². The Bertz CT molecular complexity index is 1370. The minimum absolute atomic E-state index is 0.121. The molecule has 0 saturated carbocycles. The lowest BCUT2D eigenvalue weighted by Crippen LogP contribution is -2.31. The number of fused-ring (bicyclic) bond motifs is 1. The van der Waals surface area contributed by atoms with Gasteiger partial charge >= 0.3 is 0 Å². The fourth-order valence-corrected chi connectivity index (χ4v) is 5.31. The molecule has 0 radical (unpaired) electrons. The summed E-state index contributed by atoms with van der Waals surface area (Å²) in [6.45, 7) is 2.78. The smallest absolute Gasteiger partial charge is 0.295 e. The van der Waals surface area contributed by atoms with Crippen LogP contribution in [0.15, 0.2) is 77.8 Å². The Balaban J connectivity index is 1.50. The van der Waals surface area contributed by atoms with Crippen molar-refractivity contribution >= 4 is 39.7 Å². The molecule has 2 N–H and O–H groups in total. The van der Waals surface area contributed by atoms with Crippen LogP contribution < -0.4 is 4.74 Å². The van der Waals surface area contributed by atoms with Gasteiger partial charge in [0.2, 0.25) is 0 Å². The number of Topliss-reactive ketones (excluding diaryl/α,β-unsaturated/α-hetero) is 1. The summed E-state index contributed by atoms with van der Waals surface area (Å²) in [5, 5.41) is 14.2. The molecule has 1 amide bonds. The van der Waals surface area contributed by atoms with Gasteiger partial charge in [0.1, 0.15) is 11.5 Å². The fourth-order valence-electron chi connectivity index (χ4n) is 4.46. The number of aromatic nitrogens is 1. The molecule has 0 spiro atoms. The van der Waals surface area contributed by atoms with Gasteiger partial charge in [-0.2, -0.15) is 0 Å². The van der Waals surface area contributed by atoms with Gasteiger partial charge in [-0.1, -0.05) is 24.3 Å². The van der Waals surface area contributed by atoms with Crippen molar-refractivity contribution < 1.29 is 19.4 Å². The van der Waals surface area contributed by atoms with Crippen LogP contribution in [0.2, 0.25) is 0 Å². The maximum Gasteiger partial charge on any atom is 0.295 e. The Morgan fingerprint density at radius 1 is 1.09 bits per heavy atom. The van der Waals surface area contributed by atoms with Gasteiger partial charge in [-0.15, -0.1) is 11.3 Å². The monoisotopic (exact) mass is 472 g/mol. The third kappa shape index (κ3) is 3.88. The van der Waals surface area contributed by atoms with Crippen molar-refractivity contribution in [3.8, 4) is 5.75 Å². The summed E-state index contributed by atoms with van der Waals surface area (Å²) in [4.78, 5) is 31.9. The Kier molecular flexibility index (Phi) is 5.94. The number of amides is 1. The second-order valence-corrected chi connectivity index (χ2v) is 9.05. The SMILES string of the molecule is CCOc1ccc(C(O)=C2C(=O)C(=O)N(CCc3c[nH]c4ccccc34)[C@@H]2c2cccs2)cc1. The van der Waals surface area contributed by atoms with Crippen LogP contribution in [0, 0.1) is 0 Å². The number of thiophene rings is 1. The van der Waals surface area contributed by atoms with Crippen molar-refractivity contribution in [2.75, 3.05) is 13.2 Å². The number of ketones is 1. The molecule has 0 unspecified atom stereocenters. The van der Waals surface area contributed by atoms with E-state index in [1.165, 1.54) is 11.3 Å². The number of carbonyl (C=O) groups is 2. The van der Waals surface area contributed by atoms with E-state index >= 15 is 0 Å². The molecule has 3 heterocycles. The Hall–Kier alpha value is -3.84. The molecule has 1 atom stereocenters. The fraction of sp³-hybridized carbons (Fsp3) is 0.185. The number of rotatable bonds is 7. The number of carbonyl (C=O) groups excluding carboxylic acids is 2. The number of hydrogen-bond donors (Lipinski definition) is 2. The molecule has 1 aliphatic rings. The highest BCUT2D eigenvalue weighted by atomic mass is 32.1. The molecule has 4 aromatic rings. The molecule has 0 bridgehead atoms. The zero-order valence-corrected chi connectivity index (χ0v) is 19.5. The Labute approximate surface area is 201 Å². The van der Waals surface area contributed by atoms with E-state index in [0.717, 1.165) is 21.3 Å². The van der Waals surface area contributed by atoms with Gasteiger partial charge < -0.3 is 19.7 Å². The van der Waals surface area contributed by atoms with Gasteiger partial charge in [-0.05, 0) is 60.7 Å². The summed E-state index contributed by atoms with van der Waals surface area (Å²) in [6, 6.07) is 18.0. The maximum atomic E-state index is 13.1. The number of ether oxygens (including phenoxy) is 1. The van der Waals surface area contributed by atoms with Gasteiger partial charge in [0, 0.05) is 34.1 Å². The minimum Gasteiger partial charge on any atom is -0.507 e. The maximum absolute atomic E-state index is 13.1. The van der Waals surface area contributed by atoms with Crippen LogP contribution in [0.25, 0.3) is 16.7 Å². The normalized spacial score (nSPS) is 17.6. The number of benzene rings is 2. The zero-order chi connectivity index (χ0) is 23.7. The first-order chi connectivity index (χ1) is 16.6. The number of nitrogens with zero attached hydrogens (tertiary/aromatic N) is 1. The third-order valence-corrected chi connectivity index (χ3v) is 7.01. The predicted octanol–water partition coefficient (Wildman–Crippen LogP) is 5.29. The van der Waals surface area contributed by atoms with Crippen LogP contribution >= 0.6 is 11.3 Å². The van der Waals surface area contributed by atoms with E-state index in [2.05, 4.69) is 4.98 Å². The summed E-state index contributed by atoms with van der Waals surface area (Å²) in [5.41, 5.74) is 2.70. The van der Waals surface area contributed by atoms with Crippen molar-refractivity contribution in [2.24, 2.45) is 0 Å². The molecular formula is C27H24N2O4S. The van der Waals surface area contributed by atoms with Crippen LogP contribution in [0.5, 0.6) is 5.75 Å². The molecule has 1 saturated heterocycles. The average molecular weight is 473 g/mol. The lowest BCUT2D eigenvalue weighted by molar-refractivity contribution is -0.139. The second kappa shape index (κ2) is 9.19. The lowest BCUT2D eigenvalue weighted by atomic mass is 9.99. The first-order valence-electron chi connectivity index (χ1n) is 11.2. The Morgan fingerprint density at radius 3 is 2.62 bits per heavy atom. The topological polar surface area (TPSA) is 82.6 Å². The summed E-state index contributed by atoms with van der Waals surface area (Å²) >= 11 is 1.46. The zero-order valence-electron chi connectivity index (χ0n) is 18.7. The van der Waals surface area contributed by atoms with E-state index in [-0.39, 0.29) is 11.3 Å². The largest absolute Gasteiger partial charge is 0.507 e. The highest BCUT2D eigenvalue weighted by Crippen LogP contribution is 2.41. The van der Waals surface area contributed by atoms with Crippen molar-refractivity contribution in [3.05, 3.63) is 93.8 Å². The number of hydrogen-bond acceptors (Lipinski definition) is 5. The molecule has 34 heavy (non-hydrogen) atoms. The minimum atomic E-state index is -0.663. The number of aliphatic hydroxyl groups is 1. The highest BCUT2D eigenvalue weighted by molar-refractivity contribution is 7.10. The summed E-state index contributed by atoms with van der Waals surface area (Å²) in [6.07, 6.45) is 2.53. The lowest BCUT2D eigenvalue weighted by Gasteiger charge is -2.24. The molecule has 1 aliphatic heterocycles. The molecule has 0 aliphatic carbocycles. The van der Waals surface area contributed by atoms with Crippen molar-refractivity contribution in [2.45, 2.75) is 19.4 Å². The molecule has 2 aromatic carbocycles. The van der Waals surface area contributed by atoms with Crippen LogP contribution in [-0.4, -0.2) is 39.8 Å². The Morgan fingerprint density at radius 2 is 1.88 bits per heavy atom. The first kappa shape index (κ1) is 22.0. The summed E-state index contributed by atoms with van der Waals surface area (Å²) in [5.74, 6) is -0.753. The molecule has 7 heteroatoms. The van der Waals surface area contributed by atoms with E-state index in [1.807, 2.05) is 54.9 Å². The molecular weight excluding hydrogens is 448 g/mol. The highest BCUT2D eigenvalue weighted by Gasteiger charge is 2.46. The third-order valence-electron chi connectivity index (χ3n) is 6.09. The van der Waals surface area contributed by atoms with Gasteiger partial charge in [0.25, 0.3) is 11.7 Å². The predicted molar refractivity (Wildman–Crippen MR) is 133 cm³/mol. The van der Waals surface area contributed by atoms with Gasteiger partial charge in [0.15, 0.2) is 0 Å². The van der Waals surface area contributed by atoms with Gasteiger partial charge in [-0.3, -0.25) is 9.59 Å². The summed E-state index contributed by atoms with van der Waals surface area (Å²) in [7, 11) is 0. The number of nitrogens with one attached hydrogen (secondary N) is 1. The number of H-pyrrole nitrogens is 1. The molecule has 2 aromatic heterocycles. The van der Waals surface area contributed by atoms with Crippen molar-refractivity contribution in [1.82, 2.24) is 9.88 Å². The van der Waals surface area contributed by atoms with E-state index in [1.54, 1.807) is 29.2 Å². The van der Waals surface area contributed by atoms with Gasteiger partial charge in [0.05, 0.1) is 18.2 Å². The number of likely N-dealkylation sites (tertiary alicyclic amines) is 1. The first-order valence-corrected chi connectivity index (χ1v) is 12.1. The number of aromatic amines is 1. The molecule has 172 valence electrons. The van der Waals surface area contributed by atoms with Crippen molar-refractivity contribution in [3.63, 3.8) is 0 Å². The van der Waals surface area contributed by atoms with E-state index in [9.17, 15) is 14.7 Å². The van der Waals surface area contributed by atoms with Crippen LogP contribution in [-0.2, 0) is 16.0 Å². The van der Waals surface area contributed by atoms with Crippen molar-refractivity contribution in [1.29, 1.82) is 0 Å². The van der Waals surface area contributed by atoms with E-state index in [4.69, 9.17) is 4.74 Å². The summed E-state index contributed by atoms with van der Waals surface area (Å²) < 4.78 is 5.47. The van der Waals surface area contributed by atoms with Crippen LogP contribution in [0.4, 0.5) is 0 Å². The quantitative estimate of drug-likeness (QED) is 0.217. The van der Waals surface area contributed by atoms with E-state index < -0.39 is 17.7 Å². The number of para-hydroxylation sites is 1. The molecule has 5 rings (SSSR count). The van der Waals surface area contributed by atoms with Crippen LogP contribution in [0.1, 0.15) is 29.0 Å². The molecule has 6 nitrogen and oxygen atoms in total. The van der Waals surface area contributed by atoms with E-state index in [0.29, 0.717) is 30.9 Å². The average Bonchev–Trinajstić information content (AvgIpc) is 3.58. The van der Waals surface area contributed by atoms with Crippen LogP contribution in [0.3, 0.4) is 0 Å². The number of aliphatic hydroxyl groups excluding tert-OH is 1.